The lowest BCUT2D eigenvalue weighted by Gasteiger charge is -2.38. The summed E-state index contributed by atoms with van der Waals surface area (Å²) in [6.07, 6.45) is 3.68. The lowest BCUT2D eigenvalue weighted by molar-refractivity contribution is -0.145. The maximum Gasteiger partial charge on any atom is 0.308 e. The van der Waals surface area contributed by atoms with Crippen LogP contribution in [0, 0.1) is 5.92 Å². The minimum absolute atomic E-state index is 0.137. The van der Waals surface area contributed by atoms with Crippen LogP contribution in [0.5, 0.6) is 0 Å². The van der Waals surface area contributed by atoms with Crippen molar-refractivity contribution in [1.29, 1.82) is 0 Å². The number of carboxylic acids is 1. The van der Waals surface area contributed by atoms with Crippen LogP contribution in [-0.2, 0) is 9.59 Å². The van der Waals surface area contributed by atoms with Crippen LogP contribution in [-0.4, -0.2) is 24.9 Å². The van der Waals surface area contributed by atoms with E-state index in [9.17, 15) is 9.59 Å². The Labute approximate surface area is 117 Å². The maximum absolute atomic E-state index is 11.6. The second-order valence-corrected chi connectivity index (χ2v) is 8.10. The Kier molecular flexibility index (Phi) is 4.63. The van der Waals surface area contributed by atoms with Crippen molar-refractivity contribution in [1.82, 2.24) is 0 Å². The minimum Gasteiger partial charge on any atom is -0.481 e. The zero-order chi connectivity index (χ0) is 13.3. The molecule has 0 aromatic heterocycles. The zero-order valence-electron chi connectivity index (χ0n) is 8.53. The van der Waals surface area contributed by atoms with Gasteiger partial charge in [-0.2, -0.15) is 0 Å². The number of thioether (sulfide) groups is 1. The van der Waals surface area contributed by atoms with Crippen molar-refractivity contribution in [2.45, 2.75) is 20.7 Å². The lowest BCUT2D eigenvalue weighted by atomic mass is 9.81. The van der Waals surface area contributed by atoms with Gasteiger partial charge in [0.1, 0.15) is 4.75 Å². The summed E-state index contributed by atoms with van der Waals surface area (Å²) < 4.78 is -3.22. The first-order valence-corrected chi connectivity index (χ1v) is 6.59. The summed E-state index contributed by atoms with van der Waals surface area (Å²) in [7, 11) is 0. The van der Waals surface area contributed by atoms with E-state index < -0.39 is 25.7 Å². The molecule has 0 heterocycles. The fourth-order valence-corrected chi connectivity index (χ4v) is 4.04. The van der Waals surface area contributed by atoms with Gasteiger partial charge in [-0.1, -0.05) is 58.7 Å². The monoisotopic (exact) mass is 317 g/mol. The summed E-state index contributed by atoms with van der Waals surface area (Å²) in [4.78, 5) is 22.8. The summed E-state index contributed by atoms with van der Waals surface area (Å²) in [6.45, 7) is 0. The fourth-order valence-electron chi connectivity index (χ4n) is 1.77. The maximum atomic E-state index is 11.6. The Morgan fingerprint density at radius 1 is 1.41 bits per heavy atom. The smallest absolute Gasteiger partial charge is 0.308 e. The third kappa shape index (κ3) is 3.44. The Hall–Kier alpha value is -0.100. The summed E-state index contributed by atoms with van der Waals surface area (Å²) >= 11 is 17.6. The first-order valence-electron chi connectivity index (χ1n) is 4.63. The molecule has 0 spiro atoms. The SMILES string of the molecule is NC(=O)C1(SC(Cl)(Cl)Cl)CC=CCC1C(=O)O. The van der Waals surface area contributed by atoms with Crippen LogP contribution < -0.4 is 5.73 Å². The molecule has 4 nitrogen and oxygen atoms in total. The van der Waals surface area contributed by atoms with Crippen molar-refractivity contribution in [3.63, 3.8) is 0 Å². The lowest BCUT2D eigenvalue weighted by Crippen LogP contribution is -2.52. The number of carbonyl (C=O) groups excluding carboxylic acids is 1. The fraction of sp³-hybridized carbons (Fsp3) is 0.556. The molecule has 0 fully saturated rings. The predicted molar refractivity (Wildman–Crippen MR) is 69.3 cm³/mol. The molecule has 3 N–H and O–H groups in total. The first-order chi connectivity index (χ1) is 7.69. The number of allylic oxidation sites excluding steroid dienone is 2. The predicted octanol–water partition coefficient (Wildman–Crippen LogP) is 2.32. The van der Waals surface area contributed by atoms with Gasteiger partial charge in [0.05, 0.1) is 5.92 Å². The van der Waals surface area contributed by atoms with E-state index in [4.69, 9.17) is 45.6 Å². The molecule has 1 amide bonds. The van der Waals surface area contributed by atoms with E-state index in [1.807, 2.05) is 0 Å². The van der Waals surface area contributed by atoms with Gasteiger partial charge in [-0.15, -0.1) is 0 Å². The van der Waals surface area contributed by atoms with Crippen molar-refractivity contribution in [3.05, 3.63) is 12.2 Å². The second kappa shape index (κ2) is 5.26. The number of aliphatic carboxylic acids is 1. The first kappa shape index (κ1) is 15.0. The molecule has 0 saturated heterocycles. The number of carboxylic acid groups (broad SMARTS) is 1. The Morgan fingerprint density at radius 2 is 2.00 bits per heavy atom. The normalized spacial score (nSPS) is 29.0. The van der Waals surface area contributed by atoms with Crippen LogP contribution in [0.15, 0.2) is 12.2 Å². The van der Waals surface area contributed by atoms with E-state index in [0.717, 1.165) is 0 Å². The van der Waals surface area contributed by atoms with Crippen LogP contribution >= 0.6 is 46.6 Å². The number of halogens is 3. The quantitative estimate of drug-likeness (QED) is 0.618. The van der Waals surface area contributed by atoms with Crippen LogP contribution in [0.1, 0.15) is 12.8 Å². The molecule has 0 aromatic carbocycles. The number of amides is 1. The van der Waals surface area contributed by atoms with Gasteiger partial charge in [0, 0.05) is 0 Å². The third-order valence-corrected chi connectivity index (χ3v) is 4.48. The highest BCUT2D eigenvalue weighted by Gasteiger charge is 2.52. The van der Waals surface area contributed by atoms with Crippen LogP contribution in [0.25, 0.3) is 0 Å². The number of carbonyl (C=O) groups is 2. The molecule has 0 bridgehead atoms. The van der Waals surface area contributed by atoms with Gasteiger partial charge in [0.25, 0.3) is 0 Å². The van der Waals surface area contributed by atoms with Crippen molar-refractivity contribution in [2.24, 2.45) is 11.7 Å². The molecule has 2 atom stereocenters. The molecule has 17 heavy (non-hydrogen) atoms. The van der Waals surface area contributed by atoms with Gasteiger partial charge in [0.2, 0.25) is 9.03 Å². The number of hydrogen-bond donors (Lipinski definition) is 2. The number of hydrogen-bond acceptors (Lipinski definition) is 3. The van der Waals surface area contributed by atoms with E-state index in [1.54, 1.807) is 12.2 Å². The van der Waals surface area contributed by atoms with Gasteiger partial charge in [-0.3, -0.25) is 9.59 Å². The van der Waals surface area contributed by atoms with E-state index in [2.05, 4.69) is 0 Å². The molecule has 1 aliphatic rings. The van der Waals surface area contributed by atoms with E-state index in [1.165, 1.54) is 0 Å². The molecule has 0 aromatic rings. The number of rotatable bonds is 3. The molecule has 1 aliphatic carbocycles. The highest BCUT2D eigenvalue weighted by molar-refractivity contribution is 8.06. The molecule has 8 heteroatoms. The van der Waals surface area contributed by atoms with Crippen molar-refractivity contribution in [2.75, 3.05) is 0 Å². The Morgan fingerprint density at radius 3 is 2.41 bits per heavy atom. The zero-order valence-corrected chi connectivity index (χ0v) is 11.6. The largest absolute Gasteiger partial charge is 0.481 e. The molecular weight excluding hydrogens is 309 g/mol. The number of nitrogens with two attached hydrogens (primary N) is 1. The van der Waals surface area contributed by atoms with Crippen molar-refractivity contribution < 1.29 is 14.7 Å². The highest BCUT2D eigenvalue weighted by atomic mass is 35.6. The number of alkyl halides is 3. The average molecular weight is 319 g/mol. The van der Waals surface area contributed by atoms with Gasteiger partial charge >= 0.3 is 5.97 Å². The van der Waals surface area contributed by atoms with Gasteiger partial charge < -0.3 is 10.8 Å². The van der Waals surface area contributed by atoms with E-state index >= 15 is 0 Å². The molecule has 0 radical (unpaired) electrons. The van der Waals surface area contributed by atoms with Gasteiger partial charge in [0.15, 0.2) is 0 Å². The van der Waals surface area contributed by atoms with E-state index in [0.29, 0.717) is 11.8 Å². The summed E-state index contributed by atoms with van der Waals surface area (Å²) in [5.74, 6) is -2.91. The van der Waals surface area contributed by atoms with Crippen molar-refractivity contribution >= 4 is 58.4 Å². The van der Waals surface area contributed by atoms with Crippen LogP contribution in [0.2, 0.25) is 0 Å². The van der Waals surface area contributed by atoms with Crippen molar-refractivity contribution in [3.8, 4) is 0 Å². The Balaban J connectivity index is 3.16. The number of primary amides is 1. The molecular formula is C9H10Cl3NO3S. The molecule has 0 saturated carbocycles. The highest BCUT2D eigenvalue weighted by Crippen LogP contribution is 2.52. The summed E-state index contributed by atoms with van der Waals surface area (Å²) in [5.41, 5.74) is 5.30. The summed E-state index contributed by atoms with van der Waals surface area (Å²) in [6, 6.07) is 0. The molecule has 1 rings (SSSR count). The standard InChI is InChI=1S/C9H10Cl3NO3S/c10-9(11,12)17-8(7(13)16)4-2-1-3-5(8)6(14)15/h1-2,5H,3-4H2,(H2,13,16)(H,14,15). The van der Waals surface area contributed by atoms with Crippen LogP contribution in [0.3, 0.4) is 0 Å². The van der Waals surface area contributed by atoms with Gasteiger partial charge in [-0.25, -0.2) is 0 Å². The topological polar surface area (TPSA) is 80.4 Å². The van der Waals surface area contributed by atoms with E-state index in [-0.39, 0.29) is 12.8 Å². The summed E-state index contributed by atoms with van der Waals surface area (Å²) in [5, 5.41) is 9.14. The third-order valence-electron chi connectivity index (χ3n) is 2.54. The average Bonchev–Trinajstić information content (AvgIpc) is 2.15. The second-order valence-electron chi connectivity index (χ2n) is 3.60. The molecule has 96 valence electrons. The van der Waals surface area contributed by atoms with Crippen LogP contribution in [0.4, 0.5) is 0 Å². The minimum atomic E-state index is -1.80. The molecule has 2 unspecified atom stereocenters. The Bertz CT molecular complexity index is 369. The van der Waals surface area contributed by atoms with Gasteiger partial charge in [-0.05, 0) is 12.8 Å². The molecule has 0 aliphatic heterocycles.